The summed E-state index contributed by atoms with van der Waals surface area (Å²) in [6, 6.07) is 5.65. The van der Waals surface area contributed by atoms with E-state index in [9.17, 15) is 4.79 Å². The molecule has 0 bridgehead atoms. The first kappa shape index (κ1) is 14.7. The van der Waals surface area contributed by atoms with Crippen LogP contribution in [0.4, 0.5) is 0 Å². The van der Waals surface area contributed by atoms with Gasteiger partial charge in [-0.15, -0.1) is 0 Å². The van der Waals surface area contributed by atoms with E-state index >= 15 is 0 Å². The van der Waals surface area contributed by atoms with Gasteiger partial charge in [-0.1, -0.05) is 6.07 Å². The van der Waals surface area contributed by atoms with Gasteiger partial charge < -0.3 is 5.32 Å². The molecule has 0 aliphatic rings. The zero-order valence-electron chi connectivity index (χ0n) is 11.6. The Balaban J connectivity index is 1.82. The van der Waals surface area contributed by atoms with Crippen LogP contribution < -0.4 is 5.32 Å². The van der Waals surface area contributed by atoms with Crippen LogP contribution in [0, 0.1) is 13.8 Å². The monoisotopic (exact) mass is 336 g/mol. The molecule has 0 radical (unpaired) electrons. The summed E-state index contributed by atoms with van der Waals surface area (Å²) >= 11 is 3.48. The predicted octanol–water partition coefficient (Wildman–Crippen LogP) is 2.36. The number of halogens is 1. The van der Waals surface area contributed by atoms with Crippen molar-refractivity contribution in [2.45, 2.75) is 33.4 Å². The summed E-state index contributed by atoms with van der Waals surface area (Å²) in [5.41, 5.74) is 2.84. The third-order valence-electron chi connectivity index (χ3n) is 3.04. The van der Waals surface area contributed by atoms with Gasteiger partial charge in [0.1, 0.15) is 0 Å². The molecule has 0 unspecified atom stereocenters. The second-order valence-electron chi connectivity index (χ2n) is 4.56. The van der Waals surface area contributed by atoms with Gasteiger partial charge in [0.25, 0.3) is 0 Å². The standard InChI is InChI=1S/C14H17BrN4O/c1-10-14(15)11(2)19(18-10)8-6-13(20)17-9-12-5-3-4-7-16-12/h3-5,7H,6,8-9H2,1-2H3,(H,17,20). The third-order valence-corrected chi connectivity index (χ3v) is 4.18. The largest absolute Gasteiger partial charge is 0.350 e. The summed E-state index contributed by atoms with van der Waals surface area (Å²) in [5, 5.41) is 7.23. The molecule has 106 valence electrons. The highest BCUT2D eigenvalue weighted by Crippen LogP contribution is 2.19. The number of hydrogen-bond acceptors (Lipinski definition) is 3. The van der Waals surface area contributed by atoms with Crippen molar-refractivity contribution in [1.82, 2.24) is 20.1 Å². The van der Waals surface area contributed by atoms with Gasteiger partial charge in [-0.3, -0.25) is 14.5 Å². The Hall–Kier alpha value is -1.69. The fourth-order valence-corrected chi connectivity index (χ4v) is 2.16. The minimum atomic E-state index is -0.000622. The van der Waals surface area contributed by atoms with Crippen LogP contribution in [0.15, 0.2) is 28.9 Å². The lowest BCUT2D eigenvalue weighted by molar-refractivity contribution is -0.121. The molecule has 2 heterocycles. The lowest BCUT2D eigenvalue weighted by Gasteiger charge is -2.06. The second kappa shape index (κ2) is 6.65. The molecule has 0 aromatic carbocycles. The summed E-state index contributed by atoms with van der Waals surface area (Å²) in [5.74, 6) is -0.000622. The van der Waals surface area contributed by atoms with Gasteiger partial charge in [-0.2, -0.15) is 5.10 Å². The number of nitrogens with one attached hydrogen (secondary N) is 1. The molecule has 0 atom stereocenters. The van der Waals surface area contributed by atoms with Gasteiger partial charge in [-0.25, -0.2) is 0 Å². The van der Waals surface area contributed by atoms with Crippen molar-refractivity contribution in [3.8, 4) is 0 Å². The fraction of sp³-hybridized carbons (Fsp3) is 0.357. The minimum absolute atomic E-state index is 0.000622. The summed E-state index contributed by atoms with van der Waals surface area (Å²) in [4.78, 5) is 16.0. The maximum absolute atomic E-state index is 11.8. The van der Waals surface area contributed by atoms with Crippen molar-refractivity contribution in [3.63, 3.8) is 0 Å². The zero-order chi connectivity index (χ0) is 14.5. The first-order valence-corrected chi connectivity index (χ1v) is 7.23. The van der Waals surface area contributed by atoms with Crippen LogP contribution in [0.2, 0.25) is 0 Å². The Morgan fingerprint density at radius 1 is 1.40 bits per heavy atom. The topological polar surface area (TPSA) is 59.8 Å². The number of aryl methyl sites for hydroxylation is 2. The highest BCUT2D eigenvalue weighted by atomic mass is 79.9. The summed E-state index contributed by atoms with van der Waals surface area (Å²) in [7, 11) is 0. The lowest BCUT2D eigenvalue weighted by atomic mass is 10.3. The summed E-state index contributed by atoms with van der Waals surface area (Å²) in [6.45, 7) is 4.96. The van der Waals surface area contributed by atoms with Gasteiger partial charge in [0.15, 0.2) is 0 Å². The molecule has 0 saturated carbocycles. The van der Waals surface area contributed by atoms with Crippen LogP contribution in [0.5, 0.6) is 0 Å². The van der Waals surface area contributed by atoms with Gasteiger partial charge in [0.2, 0.25) is 5.91 Å². The maximum atomic E-state index is 11.8. The van der Waals surface area contributed by atoms with Crippen molar-refractivity contribution in [1.29, 1.82) is 0 Å². The Bertz CT molecular complexity index is 595. The quantitative estimate of drug-likeness (QED) is 0.911. The van der Waals surface area contributed by atoms with E-state index in [0.29, 0.717) is 19.5 Å². The molecule has 6 heteroatoms. The molecule has 0 aliphatic heterocycles. The van der Waals surface area contributed by atoms with Gasteiger partial charge in [0.05, 0.1) is 29.0 Å². The van der Waals surface area contributed by atoms with E-state index in [-0.39, 0.29) is 5.91 Å². The van der Waals surface area contributed by atoms with Gasteiger partial charge in [0, 0.05) is 18.3 Å². The van der Waals surface area contributed by atoms with Crippen LogP contribution in [-0.2, 0) is 17.9 Å². The second-order valence-corrected chi connectivity index (χ2v) is 5.35. The third kappa shape index (κ3) is 3.66. The van der Waals surface area contributed by atoms with E-state index in [1.54, 1.807) is 6.20 Å². The first-order chi connectivity index (χ1) is 9.58. The Morgan fingerprint density at radius 3 is 2.80 bits per heavy atom. The molecule has 0 spiro atoms. The molecule has 1 amide bonds. The number of rotatable bonds is 5. The highest BCUT2D eigenvalue weighted by Gasteiger charge is 2.10. The van der Waals surface area contributed by atoms with Crippen LogP contribution in [0.25, 0.3) is 0 Å². The van der Waals surface area contributed by atoms with Crippen molar-refractivity contribution < 1.29 is 4.79 Å². The predicted molar refractivity (Wildman–Crippen MR) is 80.1 cm³/mol. The van der Waals surface area contributed by atoms with Crippen molar-refractivity contribution >= 4 is 21.8 Å². The number of carbonyl (C=O) groups is 1. The molecule has 0 saturated heterocycles. The fourth-order valence-electron chi connectivity index (χ4n) is 1.88. The van der Waals surface area contributed by atoms with Crippen LogP contribution >= 0.6 is 15.9 Å². The molecule has 0 fully saturated rings. The van der Waals surface area contributed by atoms with Gasteiger partial charge in [-0.05, 0) is 41.9 Å². The van der Waals surface area contributed by atoms with Crippen LogP contribution in [0.1, 0.15) is 23.5 Å². The van der Waals surface area contributed by atoms with Gasteiger partial charge >= 0.3 is 0 Å². The Labute approximate surface area is 126 Å². The van der Waals surface area contributed by atoms with E-state index in [1.165, 1.54) is 0 Å². The SMILES string of the molecule is Cc1nn(CCC(=O)NCc2ccccn2)c(C)c1Br. The number of nitrogens with zero attached hydrogens (tertiary/aromatic N) is 3. The lowest BCUT2D eigenvalue weighted by Crippen LogP contribution is -2.24. The molecule has 20 heavy (non-hydrogen) atoms. The van der Waals surface area contributed by atoms with E-state index in [2.05, 4.69) is 31.3 Å². The van der Waals surface area contributed by atoms with E-state index in [4.69, 9.17) is 0 Å². The van der Waals surface area contributed by atoms with Crippen molar-refractivity contribution in [2.75, 3.05) is 0 Å². The van der Waals surface area contributed by atoms with Crippen LogP contribution in [-0.4, -0.2) is 20.7 Å². The number of amides is 1. The maximum Gasteiger partial charge on any atom is 0.222 e. The molecule has 2 aromatic rings. The average Bonchev–Trinajstić information content (AvgIpc) is 2.71. The molecule has 5 nitrogen and oxygen atoms in total. The molecular formula is C14H17BrN4O. The first-order valence-electron chi connectivity index (χ1n) is 6.44. The van der Waals surface area contributed by atoms with E-state index < -0.39 is 0 Å². The van der Waals surface area contributed by atoms with Crippen molar-refractivity contribution in [3.05, 3.63) is 46.0 Å². The molecule has 0 aliphatic carbocycles. The Kier molecular flexibility index (Phi) is 4.89. The molecule has 1 N–H and O–H groups in total. The summed E-state index contributed by atoms with van der Waals surface area (Å²) < 4.78 is 2.85. The van der Waals surface area contributed by atoms with Crippen molar-refractivity contribution in [2.24, 2.45) is 0 Å². The zero-order valence-corrected chi connectivity index (χ0v) is 13.1. The smallest absolute Gasteiger partial charge is 0.222 e. The highest BCUT2D eigenvalue weighted by molar-refractivity contribution is 9.10. The number of aromatic nitrogens is 3. The molecule has 2 aromatic heterocycles. The molecular weight excluding hydrogens is 320 g/mol. The number of carbonyl (C=O) groups excluding carboxylic acids is 1. The van der Waals surface area contributed by atoms with Crippen LogP contribution in [0.3, 0.4) is 0 Å². The van der Waals surface area contributed by atoms with E-state index in [1.807, 2.05) is 36.7 Å². The van der Waals surface area contributed by atoms with E-state index in [0.717, 1.165) is 21.6 Å². The summed E-state index contributed by atoms with van der Waals surface area (Å²) in [6.07, 6.45) is 2.12. The Morgan fingerprint density at radius 2 is 2.20 bits per heavy atom. The normalized spacial score (nSPS) is 10.6. The minimum Gasteiger partial charge on any atom is -0.350 e. The average molecular weight is 337 g/mol. The number of pyridine rings is 1. The molecule has 2 rings (SSSR count). The number of hydrogen-bond donors (Lipinski definition) is 1.